The third kappa shape index (κ3) is 4.41. The third-order valence-corrected chi connectivity index (χ3v) is 5.03. The van der Waals surface area contributed by atoms with Gasteiger partial charge in [0.25, 0.3) is 0 Å². The molecule has 6 heteroatoms. The number of anilines is 1. The maximum atomic E-state index is 10.2. The normalized spacial score (nSPS) is 17.5. The predicted octanol–water partition coefficient (Wildman–Crippen LogP) is 2.60. The van der Waals surface area contributed by atoms with Gasteiger partial charge in [0, 0.05) is 32.5 Å². The second kappa shape index (κ2) is 7.57. The molecule has 0 spiro atoms. The molecule has 0 aliphatic carbocycles. The quantitative estimate of drug-likeness (QED) is 0.879. The average Bonchev–Trinajstić information content (AvgIpc) is 2.93. The lowest BCUT2D eigenvalue weighted by atomic mass is 10.1. The lowest BCUT2D eigenvalue weighted by molar-refractivity contribution is -0.0573. The number of aromatic nitrogens is 1. The zero-order chi connectivity index (χ0) is 16.2. The number of aliphatic hydroxyl groups is 1. The van der Waals surface area contributed by atoms with Crippen LogP contribution in [0.15, 0.2) is 18.2 Å². The van der Waals surface area contributed by atoms with Crippen molar-refractivity contribution in [1.29, 1.82) is 0 Å². The van der Waals surface area contributed by atoms with Gasteiger partial charge in [-0.25, -0.2) is 4.98 Å². The maximum Gasteiger partial charge on any atom is 0.0948 e. The molecule has 126 valence electrons. The van der Waals surface area contributed by atoms with Crippen molar-refractivity contribution in [3.63, 3.8) is 0 Å². The SMILES string of the molecule is Cc1nc2ccc(N(C)CC(O)COC3CCOCC3)cc2s1. The van der Waals surface area contributed by atoms with Crippen LogP contribution in [0.1, 0.15) is 17.8 Å². The van der Waals surface area contributed by atoms with Crippen LogP contribution in [0.25, 0.3) is 10.2 Å². The Labute approximate surface area is 140 Å². The molecule has 23 heavy (non-hydrogen) atoms. The van der Waals surface area contributed by atoms with Gasteiger partial charge in [0.15, 0.2) is 0 Å². The Bertz CT molecular complexity index is 640. The zero-order valence-corrected chi connectivity index (χ0v) is 14.5. The lowest BCUT2D eigenvalue weighted by Crippen LogP contribution is -2.34. The first-order chi connectivity index (χ1) is 11.1. The molecule has 1 atom stereocenters. The minimum Gasteiger partial charge on any atom is -0.389 e. The van der Waals surface area contributed by atoms with E-state index in [1.54, 1.807) is 11.3 Å². The minimum absolute atomic E-state index is 0.222. The molecular weight excluding hydrogens is 312 g/mol. The molecule has 2 aromatic rings. The Morgan fingerprint density at radius 1 is 1.43 bits per heavy atom. The second-order valence-electron chi connectivity index (χ2n) is 6.06. The van der Waals surface area contributed by atoms with Gasteiger partial charge >= 0.3 is 0 Å². The summed E-state index contributed by atoms with van der Waals surface area (Å²) in [4.78, 5) is 6.54. The van der Waals surface area contributed by atoms with Crippen molar-refractivity contribution < 1.29 is 14.6 Å². The molecule has 1 unspecified atom stereocenters. The van der Waals surface area contributed by atoms with Gasteiger partial charge in [-0.3, -0.25) is 0 Å². The fourth-order valence-corrected chi connectivity index (χ4v) is 3.69. The van der Waals surface area contributed by atoms with E-state index in [9.17, 15) is 5.11 Å². The van der Waals surface area contributed by atoms with E-state index in [0.717, 1.165) is 42.3 Å². The summed E-state index contributed by atoms with van der Waals surface area (Å²) in [5.41, 5.74) is 2.12. The van der Waals surface area contributed by atoms with Crippen LogP contribution >= 0.6 is 11.3 Å². The predicted molar refractivity (Wildman–Crippen MR) is 93.4 cm³/mol. The Balaban J connectivity index is 1.53. The molecule has 3 rings (SSSR count). The van der Waals surface area contributed by atoms with E-state index in [1.165, 1.54) is 4.70 Å². The molecule has 1 saturated heterocycles. The molecule has 0 radical (unpaired) electrons. The highest BCUT2D eigenvalue weighted by Gasteiger charge is 2.17. The number of aliphatic hydroxyl groups excluding tert-OH is 1. The Morgan fingerprint density at radius 3 is 3.00 bits per heavy atom. The van der Waals surface area contributed by atoms with Crippen LogP contribution in [0, 0.1) is 6.92 Å². The van der Waals surface area contributed by atoms with Gasteiger partial charge in [-0.2, -0.15) is 0 Å². The van der Waals surface area contributed by atoms with Gasteiger partial charge < -0.3 is 19.5 Å². The van der Waals surface area contributed by atoms with Gasteiger partial charge in [0.05, 0.1) is 34.0 Å². The van der Waals surface area contributed by atoms with Crippen LogP contribution in [0.5, 0.6) is 0 Å². The standard InChI is InChI=1S/C17H24N2O3S/c1-12-18-16-4-3-13(9-17(16)23-12)19(2)10-14(20)11-22-15-5-7-21-8-6-15/h3-4,9,14-15,20H,5-8,10-11H2,1-2H3. The smallest absolute Gasteiger partial charge is 0.0948 e. The van der Waals surface area contributed by atoms with Gasteiger partial charge in [-0.15, -0.1) is 11.3 Å². The van der Waals surface area contributed by atoms with E-state index >= 15 is 0 Å². The molecule has 5 nitrogen and oxygen atoms in total. The van der Waals surface area contributed by atoms with Gasteiger partial charge in [0.2, 0.25) is 0 Å². The molecule has 1 fully saturated rings. The summed E-state index contributed by atoms with van der Waals surface area (Å²) in [5, 5.41) is 11.3. The highest BCUT2D eigenvalue weighted by molar-refractivity contribution is 7.18. The number of rotatable bonds is 6. The molecule has 1 aromatic heterocycles. The van der Waals surface area contributed by atoms with Crippen molar-refractivity contribution in [3.05, 3.63) is 23.2 Å². The fourth-order valence-electron chi connectivity index (χ4n) is 2.83. The summed E-state index contributed by atoms with van der Waals surface area (Å²) in [6.07, 6.45) is 1.57. The summed E-state index contributed by atoms with van der Waals surface area (Å²) in [5.74, 6) is 0. The molecule has 0 amide bonds. The third-order valence-electron chi connectivity index (χ3n) is 4.10. The van der Waals surface area contributed by atoms with Crippen molar-refractivity contribution >= 4 is 27.2 Å². The summed E-state index contributed by atoms with van der Waals surface area (Å²) >= 11 is 1.69. The summed E-state index contributed by atoms with van der Waals surface area (Å²) in [6, 6.07) is 6.22. The van der Waals surface area contributed by atoms with E-state index in [0.29, 0.717) is 13.2 Å². The number of hydrogen-bond donors (Lipinski definition) is 1. The molecule has 1 aromatic carbocycles. The average molecular weight is 336 g/mol. The topological polar surface area (TPSA) is 54.8 Å². The number of hydrogen-bond acceptors (Lipinski definition) is 6. The van der Waals surface area contributed by atoms with Crippen LogP contribution in [0.2, 0.25) is 0 Å². The summed E-state index contributed by atoms with van der Waals surface area (Å²) in [7, 11) is 1.99. The van der Waals surface area contributed by atoms with E-state index in [-0.39, 0.29) is 6.10 Å². The fraction of sp³-hybridized carbons (Fsp3) is 0.588. The Kier molecular flexibility index (Phi) is 5.48. The number of nitrogens with zero attached hydrogens (tertiary/aromatic N) is 2. The number of benzene rings is 1. The number of likely N-dealkylation sites (N-methyl/N-ethyl adjacent to an activating group) is 1. The van der Waals surface area contributed by atoms with Crippen molar-refractivity contribution in [2.45, 2.75) is 32.0 Å². The molecule has 0 bridgehead atoms. The highest BCUT2D eigenvalue weighted by Crippen LogP contribution is 2.26. The van der Waals surface area contributed by atoms with Crippen LogP contribution < -0.4 is 4.90 Å². The maximum absolute atomic E-state index is 10.2. The first kappa shape index (κ1) is 16.6. The zero-order valence-electron chi connectivity index (χ0n) is 13.7. The van der Waals surface area contributed by atoms with E-state index in [4.69, 9.17) is 9.47 Å². The lowest BCUT2D eigenvalue weighted by Gasteiger charge is -2.26. The number of fused-ring (bicyclic) bond motifs is 1. The summed E-state index contributed by atoms with van der Waals surface area (Å²) < 4.78 is 12.3. The highest BCUT2D eigenvalue weighted by atomic mass is 32.1. The van der Waals surface area contributed by atoms with Gasteiger partial charge in [-0.1, -0.05) is 0 Å². The number of ether oxygens (including phenoxy) is 2. The van der Waals surface area contributed by atoms with E-state index in [1.807, 2.05) is 26.1 Å². The van der Waals surface area contributed by atoms with E-state index < -0.39 is 6.10 Å². The molecule has 1 N–H and O–H groups in total. The molecule has 1 aliphatic rings. The molecular formula is C17H24N2O3S. The van der Waals surface area contributed by atoms with Crippen LogP contribution in [0.4, 0.5) is 5.69 Å². The Morgan fingerprint density at radius 2 is 2.22 bits per heavy atom. The molecule has 0 saturated carbocycles. The van der Waals surface area contributed by atoms with Crippen molar-refractivity contribution in [2.75, 3.05) is 38.3 Å². The van der Waals surface area contributed by atoms with E-state index in [2.05, 4.69) is 16.0 Å². The van der Waals surface area contributed by atoms with Crippen molar-refractivity contribution in [2.24, 2.45) is 0 Å². The Hall–Kier alpha value is -1.21. The largest absolute Gasteiger partial charge is 0.389 e. The first-order valence-corrected chi connectivity index (χ1v) is 8.89. The summed E-state index contributed by atoms with van der Waals surface area (Å²) in [6.45, 7) is 4.46. The number of thiazole rings is 1. The molecule has 2 heterocycles. The van der Waals surface area contributed by atoms with Crippen LogP contribution in [-0.2, 0) is 9.47 Å². The van der Waals surface area contributed by atoms with Gasteiger partial charge in [-0.05, 0) is 38.0 Å². The monoisotopic (exact) mass is 336 g/mol. The van der Waals surface area contributed by atoms with Crippen LogP contribution in [-0.4, -0.2) is 55.7 Å². The minimum atomic E-state index is -0.498. The number of aryl methyl sites for hydroxylation is 1. The van der Waals surface area contributed by atoms with Crippen LogP contribution in [0.3, 0.4) is 0 Å². The second-order valence-corrected chi connectivity index (χ2v) is 7.30. The first-order valence-electron chi connectivity index (χ1n) is 8.07. The van der Waals surface area contributed by atoms with Crippen molar-refractivity contribution in [1.82, 2.24) is 4.98 Å². The van der Waals surface area contributed by atoms with Crippen molar-refractivity contribution in [3.8, 4) is 0 Å². The van der Waals surface area contributed by atoms with Gasteiger partial charge in [0.1, 0.15) is 0 Å². The molecule has 1 aliphatic heterocycles.